The molecule has 8 aromatic carbocycles. The zero-order valence-corrected chi connectivity index (χ0v) is 53.4. The molecule has 0 heterocycles. The molecule has 91 heavy (non-hydrogen) atoms. The van der Waals surface area contributed by atoms with Crippen LogP contribution >= 0.6 is 11.6 Å². The van der Waals surface area contributed by atoms with Gasteiger partial charge < -0.3 is 43.0 Å². The molecule has 476 valence electrons. The van der Waals surface area contributed by atoms with Crippen molar-refractivity contribution < 1.29 is 39.1 Å². The van der Waals surface area contributed by atoms with E-state index in [4.69, 9.17) is 38.8 Å². The van der Waals surface area contributed by atoms with Gasteiger partial charge in [-0.05, 0) is 160 Å². The molecular formula is C70H83B2ClN8O10. The molecule has 0 unspecified atom stereocenters. The Balaban J connectivity index is 0.000000258. The third kappa shape index (κ3) is 28.2. The number of halogens is 1. The fourth-order valence-electron chi connectivity index (χ4n) is 9.06. The van der Waals surface area contributed by atoms with Crippen LogP contribution in [-0.2, 0) is 9.59 Å². The topological polar surface area (TPSA) is 309 Å². The molecule has 0 spiro atoms. The van der Waals surface area contributed by atoms with Crippen LogP contribution in [-0.4, -0.2) is 56.7 Å². The first-order chi connectivity index (χ1) is 43.4. The van der Waals surface area contributed by atoms with Crippen LogP contribution in [0.3, 0.4) is 0 Å². The summed E-state index contributed by atoms with van der Waals surface area (Å²) in [4.78, 5) is 67.3. The fourth-order valence-corrected chi connectivity index (χ4v) is 9.19. The lowest BCUT2D eigenvalue weighted by Gasteiger charge is -2.09. The molecule has 0 radical (unpaired) electrons. The minimum absolute atomic E-state index is 0.0214. The summed E-state index contributed by atoms with van der Waals surface area (Å²) in [6.07, 6.45) is 9.05. The monoisotopic (exact) mass is 1250 g/mol. The van der Waals surface area contributed by atoms with Crippen LogP contribution in [0.15, 0.2) is 182 Å². The number of unbranched alkanes of at least 4 members (excludes halogenated alkanes) is 6. The minimum Gasteiger partial charge on any atom is -0.433 e. The number of benzene rings is 8. The molecule has 11 N–H and O–H groups in total. The van der Waals surface area contributed by atoms with Crippen molar-refractivity contribution >= 4 is 93.9 Å². The van der Waals surface area contributed by atoms with E-state index in [0.717, 1.165) is 113 Å². The Labute approximate surface area is 539 Å². The SMILES string of the molecule is CB(O)Nc1ccc(C)cc1N.CB(O)Nc1ccc(C)cc1[N+](=O)[O-].Cc1ccc(N)c(NC(=O)CCCCCCC(=O)c2ccc(-c3ccccc3)cc2)c1.Cc1ccc(N)c([N+](=O)[O-])c1.O=C(Cl)CCCCCCC(=O)c1ccc(-c2ccccc2)cc1. The van der Waals surface area contributed by atoms with Gasteiger partial charge in [0.05, 0.1) is 26.9 Å². The first-order valence-corrected chi connectivity index (χ1v) is 30.5. The highest BCUT2D eigenvalue weighted by molar-refractivity contribution is 6.63. The summed E-state index contributed by atoms with van der Waals surface area (Å²) in [6.45, 7) is 10.7. The van der Waals surface area contributed by atoms with Crippen LogP contribution in [0.2, 0.25) is 13.6 Å². The molecule has 1 amide bonds. The van der Waals surface area contributed by atoms with Gasteiger partial charge in [-0.2, -0.15) is 0 Å². The maximum atomic E-state index is 12.4. The van der Waals surface area contributed by atoms with E-state index in [-0.39, 0.29) is 39.8 Å². The second-order valence-corrected chi connectivity index (χ2v) is 22.3. The normalized spacial score (nSPS) is 10.2. The Morgan fingerprint density at radius 2 is 0.802 bits per heavy atom. The van der Waals surface area contributed by atoms with Crippen LogP contribution in [0.4, 0.5) is 45.5 Å². The van der Waals surface area contributed by atoms with Crippen LogP contribution in [0, 0.1) is 47.9 Å². The Morgan fingerprint density at radius 1 is 0.429 bits per heavy atom. The number of carbonyl (C=O) groups is 4. The van der Waals surface area contributed by atoms with Gasteiger partial charge in [-0.3, -0.25) is 39.4 Å². The molecule has 0 aliphatic heterocycles. The molecule has 0 fully saturated rings. The number of nitro groups is 2. The van der Waals surface area contributed by atoms with Crippen LogP contribution in [0.25, 0.3) is 22.3 Å². The Bertz CT molecular complexity index is 3620. The molecule has 0 saturated heterocycles. The quantitative estimate of drug-likeness (QED) is 0.00502. The summed E-state index contributed by atoms with van der Waals surface area (Å²) in [5.74, 6) is 0.331. The molecule has 8 aromatic rings. The molecule has 0 saturated carbocycles. The van der Waals surface area contributed by atoms with Crippen molar-refractivity contribution in [2.24, 2.45) is 0 Å². The molecule has 18 nitrogen and oxygen atoms in total. The molecule has 0 aliphatic carbocycles. The number of anilines is 6. The van der Waals surface area contributed by atoms with E-state index in [1.165, 1.54) is 25.0 Å². The molecule has 21 heteroatoms. The summed E-state index contributed by atoms with van der Waals surface area (Å²) >= 11 is 5.29. The number of Topliss-reactive ketones (excluding diaryl/α,β-unsaturated/α-hetero) is 2. The van der Waals surface area contributed by atoms with E-state index >= 15 is 0 Å². The highest BCUT2D eigenvalue weighted by Gasteiger charge is 2.17. The van der Waals surface area contributed by atoms with Gasteiger partial charge in [0, 0.05) is 54.6 Å². The summed E-state index contributed by atoms with van der Waals surface area (Å²) in [7, 11) is -1.38. The number of nitrogens with one attached hydrogen (secondary N) is 3. The van der Waals surface area contributed by atoms with Crippen molar-refractivity contribution in [2.45, 2.75) is 118 Å². The van der Waals surface area contributed by atoms with Crippen LogP contribution in [0.5, 0.6) is 0 Å². The molecule has 8 rings (SSSR count). The highest BCUT2D eigenvalue weighted by atomic mass is 35.5. The minimum atomic E-state index is -0.809. The average molecular weight is 1250 g/mol. The zero-order chi connectivity index (χ0) is 66.8. The Kier molecular flexibility index (Phi) is 32.0. The fraction of sp³-hybridized carbons (Fsp3) is 0.257. The first kappa shape index (κ1) is 73.8. The second-order valence-electron chi connectivity index (χ2n) is 21.9. The third-order valence-electron chi connectivity index (χ3n) is 13.9. The predicted molar refractivity (Wildman–Crippen MR) is 373 cm³/mol. The van der Waals surface area contributed by atoms with E-state index in [1.54, 1.807) is 44.9 Å². The number of aryl methyl sites for hydroxylation is 4. The van der Waals surface area contributed by atoms with E-state index in [9.17, 15) is 39.4 Å². The van der Waals surface area contributed by atoms with Gasteiger partial charge in [-0.1, -0.05) is 159 Å². The van der Waals surface area contributed by atoms with Gasteiger partial charge in [0.1, 0.15) is 11.4 Å². The van der Waals surface area contributed by atoms with Crippen molar-refractivity contribution in [2.75, 3.05) is 33.0 Å². The number of nitrogens with two attached hydrogens (primary N) is 3. The number of amides is 1. The van der Waals surface area contributed by atoms with Gasteiger partial charge in [0.15, 0.2) is 11.6 Å². The van der Waals surface area contributed by atoms with E-state index in [0.29, 0.717) is 48.4 Å². The number of hydrogen-bond donors (Lipinski definition) is 8. The van der Waals surface area contributed by atoms with Gasteiger partial charge in [0.25, 0.3) is 11.4 Å². The number of rotatable bonds is 25. The molecule has 0 aliphatic rings. The van der Waals surface area contributed by atoms with Crippen molar-refractivity contribution in [3.05, 3.63) is 236 Å². The van der Waals surface area contributed by atoms with Gasteiger partial charge in [0.2, 0.25) is 11.1 Å². The summed E-state index contributed by atoms with van der Waals surface area (Å²) < 4.78 is 0. The Hall–Kier alpha value is -9.62. The smallest absolute Gasteiger partial charge is 0.407 e. The van der Waals surface area contributed by atoms with Crippen molar-refractivity contribution in [3.8, 4) is 22.3 Å². The lowest BCUT2D eigenvalue weighted by atomic mass is 9.88. The van der Waals surface area contributed by atoms with Gasteiger partial charge >= 0.3 is 14.1 Å². The van der Waals surface area contributed by atoms with E-state index in [1.807, 2.05) is 129 Å². The number of hydrogen-bond acceptors (Lipinski definition) is 15. The number of nitro benzene ring substituents is 2. The maximum Gasteiger partial charge on any atom is 0.407 e. The van der Waals surface area contributed by atoms with E-state index in [2.05, 4.69) is 40.0 Å². The molecule has 0 aromatic heterocycles. The van der Waals surface area contributed by atoms with Crippen molar-refractivity contribution in [3.63, 3.8) is 0 Å². The lowest BCUT2D eigenvalue weighted by molar-refractivity contribution is -0.384. The third-order valence-corrected chi connectivity index (χ3v) is 14.1. The number of ketones is 2. The summed E-state index contributed by atoms with van der Waals surface area (Å²) in [5, 5.41) is 47.0. The lowest BCUT2D eigenvalue weighted by Crippen LogP contribution is -2.20. The van der Waals surface area contributed by atoms with Crippen molar-refractivity contribution in [1.82, 2.24) is 0 Å². The number of nitrogens with zero attached hydrogens (tertiary/aromatic N) is 2. The number of carbonyl (C=O) groups excluding carboxylic acids is 4. The van der Waals surface area contributed by atoms with Crippen molar-refractivity contribution in [1.29, 1.82) is 0 Å². The molecule has 0 bridgehead atoms. The second kappa shape index (κ2) is 39.4. The van der Waals surface area contributed by atoms with E-state index < -0.39 is 23.9 Å². The zero-order valence-electron chi connectivity index (χ0n) is 52.6. The van der Waals surface area contributed by atoms with Crippen LogP contribution < -0.4 is 33.0 Å². The Morgan fingerprint density at radius 3 is 1.23 bits per heavy atom. The van der Waals surface area contributed by atoms with Crippen LogP contribution in [0.1, 0.15) is 120 Å². The summed E-state index contributed by atoms with van der Waals surface area (Å²) in [5.41, 5.74) is 30.0. The van der Waals surface area contributed by atoms with Gasteiger partial charge in [-0.15, -0.1) is 0 Å². The average Bonchev–Trinajstić information content (AvgIpc) is 2.30. The number of nitrogen functional groups attached to an aromatic ring is 3. The summed E-state index contributed by atoms with van der Waals surface area (Å²) in [6, 6.07) is 56.7. The maximum absolute atomic E-state index is 12.4. The predicted octanol–water partition coefficient (Wildman–Crippen LogP) is 16.1. The molecular weight excluding hydrogens is 1170 g/mol. The highest BCUT2D eigenvalue weighted by Crippen LogP contribution is 2.27. The standard InChI is InChI=1S/C27H30N2O2.C20H21ClO2.C8H11BN2O3.C8H13BN2O.C7H8N2O2/c1-20-13-18-24(28)25(19-20)29-27(31)12-8-3-2-7-11-26(30)23-16-14-22(15-17-23)21-9-5-4-6-10-21;21-20(23)11-7-2-1-6-10-19(22)18-14-12-17(13-15-18)16-8-4-3-5-9-16;1-6-3-4-7(10-9(2)12)8(5-6)11(13)14;1-6-3-4-8(7(10)5-6)11-9(2)12;1-5-2-3-6(8)7(4-5)9(10)11/h4-6,9-10,13-19H,2-3,7-8,11-12,28H2,1H3,(H,29,31);3-5,8-9,12-15H,1-2,6-7,10-11H2;3-5,10,12H,1-2H3;3-5,11-12H,10H2,1-2H3;2-4H,8H2,1H3. The molecule has 0 atom stereocenters. The first-order valence-electron chi connectivity index (χ1n) is 30.1. The largest absolute Gasteiger partial charge is 0.433 e. The van der Waals surface area contributed by atoms with Gasteiger partial charge in [-0.25, -0.2) is 0 Å².